The predicted octanol–water partition coefficient (Wildman–Crippen LogP) is 4.65. The molecule has 6 heteroatoms. The number of nitrogens with zero attached hydrogens (tertiary/aromatic N) is 2. The van der Waals surface area contributed by atoms with Crippen LogP contribution in [0.2, 0.25) is 0 Å². The van der Waals surface area contributed by atoms with Gasteiger partial charge in [0, 0.05) is 11.3 Å². The summed E-state index contributed by atoms with van der Waals surface area (Å²) in [6, 6.07) is 15.3. The lowest BCUT2D eigenvalue weighted by Crippen LogP contribution is -2.28. The average molecular weight is 366 g/mol. The molecule has 1 amide bonds. The summed E-state index contributed by atoms with van der Waals surface area (Å²) < 4.78 is 11.0. The maximum atomic E-state index is 12.9. The van der Waals surface area contributed by atoms with E-state index in [0.717, 1.165) is 16.4 Å². The van der Waals surface area contributed by atoms with Crippen LogP contribution in [-0.2, 0) is 4.79 Å². The summed E-state index contributed by atoms with van der Waals surface area (Å²) in [5.41, 5.74) is 1.93. The van der Waals surface area contributed by atoms with Crippen LogP contribution in [0.25, 0.3) is 0 Å². The zero-order chi connectivity index (χ0) is 17.9. The van der Waals surface area contributed by atoms with E-state index in [4.69, 9.17) is 8.83 Å². The lowest BCUT2D eigenvalue weighted by molar-refractivity contribution is -0.130. The minimum absolute atomic E-state index is 0.0561. The van der Waals surface area contributed by atoms with Crippen molar-refractivity contribution in [1.82, 2.24) is 5.01 Å². The van der Waals surface area contributed by atoms with Crippen LogP contribution in [0.15, 0.2) is 79.9 Å². The normalized spacial score (nSPS) is 16.7. The van der Waals surface area contributed by atoms with Gasteiger partial charge in [0.25, 0.3) is 5.91 Å². The van der Waals surface area contributed by atoms with Gasteiger partial charge in [-0.25, -0.2) is 5.01 Å². The van der Waals surface area contributed by atoms with Gasteiger partial charge in [-0.15, -0.1) is 11.8 Å². The molecule has 3 aromatic rings. The molecule has 4 rings (SSSR count). The molecule has 5 nitrogen and oxygen atoms in total. The number of hydrogen-bond donors (Lipinski definition) is 0. The zero-order valence-electron chi connectivity index (χ0n) is 14.3. The molecule has 0 saturated carbocycles. The van der Waals surface area contributed by atoms with Gasteiger partial charge in [0.1, 0.15) is 23.3 Å². The van der Waals surface area contributed by atoms with Crippen molar-refractivity contribution in [3.63, 3.8) is 0 Å². The summed E-state index contributed by atoms with van der Waals surface area (Å²) in [7, 11) is 0. The summed E-state index contributed by atoms with van der Waals surface area (Å²) in [4.78, 5) is 13.9. The predicted molar refractivity (Wildman–Crippen MR) is 100 cm³/mol. The molecule has 132 valence electrons. The number of hydrogen-bond acceptors (Lipinski definition) is 5. The SMILES string of the molecule is Cc1cccc(SCC(=O)N2N=C(c3ccco3)CC2c2ccco2)c1. The van der Waals surface area contributed by atoms with Crippen LogP contribution >= 0.6 is 11.8 Å². The Morgan fingerprint density at radius 3 is 2.77 bits per heavy atom. The number of hydrazone groups is 1. The number of amides is 1. The average Bonchev–Trinajstić information content (AvgIpc) is 3.40. The summed E-state index contributed by atoms with van der Waals surface area (Å²) in [5, 5.41) is 6.06. The van der Waals surface area contributed by atoms with Crippen molar-refractivity contribution in [3.8, 4) is 0 Å². The Labute approximate surface area is 155 Å². The van der Waals surface area contributed by atoms with Gasteiger partial charge in [-0.2, -0.15) is 5.10 Å². The van der Waals surface area contributed by atoms with Gasteiger partial charge >= 0.3 is 0 Å². The lowest BCUT2D eigenvalue weighted by Gasteiger charge is -2.19. The molecule has 3 heterocycles. The van der Waals surface area contributed by atoms with E-state index in [9.17, 15) is 4.79 Å². The molecule has 1 atom stereocenters. The van der Waals surface area contributed by atoms with Crippen molar-refractivity contribution < 1.29 is 13.6 Å². The van der Waals surface area contributed by atoms with E-state index in [0.29, 0.717) is 17.9 Å². The van der Waals surface area contributed by atoms with Crippen molar-refractivity contribution in [1.29, 1.82) is 0 Å². The highest BCUT2D eigenvalue weighted by molar-refractivity contribution is 8.00. The van der Waals surface area contributed by atoms with Gasteiger partial charge in [0.05, 0.1) is 18.3 Å². The zero-order valence-corrected chi connectivity index (χ0v) is 15.1. The Bertz CT molecular complexity index is 916. The van der Waals surface area contributed by atoms with Crippen LogP contribution in [-0.4, -0.2) is 22.4 Å². The maximum Gasteiger partial charge on any atom is 0.253 e. The minimum atomic E-state index is -0.240. The van der Waals surface area contributed by atoms with Gasteiger partial charge in [0.15, 0.2) is 0 Å². The second-order valence-electron chi connectivity index (χ2n) is 6.10. The van der Waals surface area contributed by atoms with E-state index in [1.54, 1.807) is 12.5 Å². The first-order valence-electron chi connectivity index (χ1n) is 8.37. The molecule has 1 aliphatic rings. The third-order valence-corrected chi connectivity index (χ3v) is 5.17. The van der Waals surface area contributed by atoms with Gasteiger partial charge < -0.3 is 8.83 Å². The molecular formula is C20H18N2O3S. The fourth-order valence-electron chi connectivity index (χ4n) is 2.95. The fraction of sp³-hybridized carbons (Fsp3) is 0.200. The molecule has 2 aromatic heterocycles. The topological polar surface area (TPSA) is 59.0 Å². The molecule has 1 aliphatic heterocycles. The molecule has 0 radical (unpaired) electrons. The Morgan fingerprint density at radius 2 is 2.04 bits per heavy atom. The number of benzene rings is 1. The van der Waals surface area contributed by atoms with Crippen molar-refractivity contribution in [3.05, 3.63) is 78.1 Å². The molecule has 0 N–H and O–H groups in total. The van der Waals surface area contributed by atoms with E-state index >= 15 is 0 Å². The van der Waals surface area contributed by atoms with Gasteiger partial charge in [-0.1, -0.05) is 17.7 Å². The minimum Gasteiger partial charge on any atom is -0.467 e. The number of aryl methyl sites for hydroxylation is 1. The van der Waals surface area contributed by atoms with Crippen LogP contribution in [0.5, 0.6) is 0 Å². The van der Waals surface area contributed by atoms with Gasteiger partial charge in [-0.05, 0) is 43.3 Å². The molecule has 1 unspecified atom stereocenters. The summed E-state index contributed by atoms with van der Waals surface area (Å²) in [6.45, 7) is 2.04. The standard InChI is InChI=1S/C20H18N2O3S/c1-14-5-2-6-15(11-14)26-13-20(23)22-17(19-8-4-10-25-19)12-16(21-22)18-7-3-9-24-18/h2-11,17H,12-13H2,1H3. The highest BCUT2D eigenvalue weighted by Crippen LogP contribution is 2.34. The lowest BCUT2D eigenvalue weighted by atomic mass is 10.1. The van der Waals surface area contributed by atoms with Gasteiger partial charge in [-0.3, -0.25) is 4.79 Å². The van der Waals surface area contributed by atoms with Crippen molar-refractivity contribution in [2.24, 2.45) is 5.10 Å². The van der Waals surface area contributed by atoms with Crippen LogP contribution in [0.4, 0.5) is 0 Å². The third kappa shape index (κ3) is 3.46. The number of furan rings is 2. The Hall–Kier alpha value is -2.73. The van der Waals surface area contributed by atoms with Crippen LogP contribution in [0, 0.1) is 6.92 Å². The molecule has 26 heavy (non-hydrogen) atoms. The van der Waals surface area contributed by atoms with Crippen molar-refractivity contribution in [2.45, 2.75) is 24.3 Å². The second kappa shape index (κ2) is 7.25. The first-order valence-corrected chi connectivity index (χ1v) is 9.35. The molecule has 0 spiro atoms. The Balaban J connectivity index is 1.53. The van der Waals surface area contributed by atoms with E-state index in [-0.39, 0.29) is 11.9 Å². The molecule has 0 bridgehead atoms. The number of carbonyl (C=O) groups excluding carboxylic acids is 1. The fourth-order valence-corrected chi connectivity index (χ4v) is 3.82. The molecule has 1 aromatic carbocycles. The smallest absolute Gasteiger partial charge is 0.253 e. The van der Waals surface area contributed by atoms with E-state index in [1.807, 2.05) is 49.4 Å². The molecule has 0 saturated heterocycles. The Kier molecular flexibility index (Phi) is 4.67. The highest BCUT2D eigenvalue weighted by atomic mass is 32.2. The molecule has 0 fully saturated rings. The van der Waals surface area contributed by atoms with E-state index in [1.165, 1.54) is 22.3 Å². The first-order chi connectivity index (χ1) is 12.7. The monoisotopic (exact) mass is 366 g/mol. The number of thioether (sulfide) groups is 1. The number of carbonyl (C=O) groups is 1. The largest absolute Gasteiger partial charge is 0.467 e. The van der Waals surface area contributed by atoms with Crippen LogP contribution in [0.1, 0.15) is 29.5 Å². The van der Waals surface area contributed by atoms with Gasteiger partial charge in [0.2, 0.25) is 0 Å². The third-order valence-electron chi connectivity index (χ3n) is 4.19. The molecular weight excluding hydrogens is 348 g/mol. The second-order valence-corrected chi connectivity index (χ2v) is 7.15. The summed E-state index contributed by atoms with van der Waals surface area (Å²) in [5.74, 6) is 1.67. The van der Waals surface area contributed by atoms with Crippen LogP contribution < -0.4 is 0 Å². The summed E-state index contributed by atoms with van der Waals surface area (Å²) in [6.07, 6.45) is 3.80. The molecule has 0 aliphatic carbocycles. The van der Waals surface area contributed by atoms with Crippen molar-refractivity contribution in [2.75, 3.05) is 5.75 Å². The maximum absolute atomic E-state index is 12.9. The first kappa shape index (κ1) is 16.7. The highest BCUT2D eigenvalue weighted by Gasteiger charge is 2.35. The Morgan fingerprint density at radius 1 is 1.19 bits per heavy atom. The van der Waals surface area contributed by atoms with E-state index in [2.05, 4.69) is 11.2 Å². The van der Waals surface area contributed by atoms with Crippen LogP contribution in [0.3, 0.4) is 0 Å². The number of rotatable bonds is 5. The summed E-state index contributed by atoms with van der Waals surface area (Å²) >= 11 is 1.51. The quantitative estimate of drug-likeness (QED) is 0.617. The van der Waals surface area contributed by atoms with Crippen molar-refractivity contribution >= 4 is 23.4 Å². The van der Waals surface area contributed by atoms with E-state index < -0.39 is 0 Å².